The Kier molecular flexibility index (Phi) is 6.31. The Bertz CT molecular complexity index is 908. The summed E-state index contributed by atoms with van der Waals surface area (Å²) in [7, 11) is 0. The van der Waals surface area contributed by atoms with Crippen molar-refractivity contribution < 1.29 is 22.8 Å². The van der Waals surface area contributed by atoms with Crippen LogP contribution in [-0.4, -0.2) is 29.8 Å². The fourth-order valence-electron chi connectivity index (χ4n) is 3.50. The topological polar surface area (TPSA) is 49.4 Å². The van der Waals surface area contributed by atoms with E-state index in [-0.39, 0.29) is 24.7 Å². The molecular weight excluding hydrogens is 401 g/mol. The average Bonchev–Trinajstić information content (AvgIpc) is 3.08. The monoisotopic (exact) mass is 424 g/mol. The Morgan fingerprint density at radius 2 is 2.00 bits per heavy atom. The van der Waals surface area contributed by atoms with E-state index in [4.69, 9.17) is 0 Å². The van der Waals surface area contributed by atoms with Gasteiger partial charge in [0.15, 0.2) is 0 Å². The lowest BCUT2D eigenvalue weighted by molar-refractivity contribution is -0.137. The van der Waals surface area contributed by atoms with Gasteiger partial charge in [-0.1, -0.05) is 19.1 Å². The number of amides is 2. The van der Waals surface area contributed by atoms with Gasteiger partial charge in [0.25, 0.3) is 5.91 Å². The van der Waals surface area contributed by atoms with E-state index >= 15 is 0 Å². The molecule has 2 amide bonds. The highest BCUT2D eigenvalue weighted by Gasteiger charge is 2.33. The highest BCUT2D eigenvalue weighted by atomic mass is 32.1. The lowest BCUT2D eigenvalue weighted by Gasteiger charge is -2.20. The van der Waals surface area contributed by atoms with Gasteiger partial charge in [0.2, 0.25) is 5.91 Å². The number of benzene rings is 1. The summed E-state index contributed by atoms with van der Waals surface area (Å²) in [5.41, 5.74) is -0.0337. The molecule has 1 aliphatic rings. The van der Waals surface area contributed by atoms with Crippen LogP contribution < -0.4 is 5.32 Å². The molecule has 29 heavy (non-hydrogen) atoms. The highest BCUT2D eigenvalue weighted by Crippen LogP contribution is 2.35. The van der Waals surface area contributed by atoms with Crippen molar-refractivity contribution in [2.75, 3.05) is 18.4 Å². The summed E-state index contributed by atoms with van der Waals surface area (Å²) in [6.07, 6.45) is -1.58. The number of carbonyl (C=O) groups excluding carboxylic acids is 2. The van der Waals surface area contributed by atoms with E-state index in [9.17, 15) is 22.8 Å². The fraction of sp³-hybridized carbons (Fsp3) is 0.429. The molecule has 1 atom stereocenters. The zero-order chi connectivity index (χ0) is 21.2. The normalized spacial score (nSPS) is 16.2. The van der Waals surface area contributed by atoms with Crippen LogP contribution in [0.2, 0.25) is 0 Å². The van der Waals surface area contributed by atoms with Gasteiger partial charge in [0.1, 0.15) is 6.54 Å². The number of anilines is 1. The first kappa shape index (κ1) is 21.4. The smallest absolute Gasteiger partial charge is 0.329 e. The van der Waals surface area contributed by atoms with Crippen molar-refractivity contribution in [2.45, 2.75) is 39.3 Å². The third-order valence-electron chi connectivity index (χ3n) is 5.05. The molecule has 0 radical (unpaired) electrons. The maximum absolute atomic E-state index is 13.1. The predicted molar refractivity (Wildman–Crippen MR) is 107 cm³/mol. The van der Waals surface area contributed by atoms with Crippen molar-refractivity contribution in [3.8, 4) is 0 Å². The van der Waals surface area contributed by atoms with Crippen molar-refractivity contribution in [3.05, 3.63) is 51.2 Å². The molecule has 8 heteroatoms. The summed E-state index contributed by atoms with van der Waals surface area (Å²) in [5.74, 6) is -0.340. The van der Waals surface area contributed by atoms with Gasteiger partial charge in [-0.2, -0.15) is 13.2 Å². The molecule has 1 aliphatic carbocycles. The fourth-order valence-corrected chi connectivity index (χ4v) is 4.67. The number of likely N-dealkylation sites (N-methyl/N-ethyl adjacent to an activating group) is 1. The first-order chi connectivity index (χ1) is 13.7. The van der Waals surface area contributed by atoms with E-state index in [2.05, 4.69) is 12.2 Å². The molecule has 1 aromatic heterocycles. The van der Waals surface area contributed by atoms with Gasteiger partial charge in [-0.3, -0.25) is 9.59 Å². The Hall–Kier alpha value is -2.35. The SMILES string of the molecule is CCN(CC(=O)Nc1ccccc1C(F)(F)F)C(=O)c1cc2c(s1)CC[C@H](C)C2. The quantitative estimate of drug-likeness (QED) is 0.735. The summed E-state index contributed by atoms with van der Waals surface area (Å²) < 4.78 is 39.3. The number of rotatable bonds is 5. The van der Waals surface area contributed by atoms with Crippen LogP contribution >= 0.6 is 11.3 Å². The number of fused-ring (bicyclic) bond motifs is 1. The maximum Gasteiger partial charge on any atom is 0.418 e. The van der Waals surface area contributed by atoms with Gasteiger partial charge in [-0.25, -0.2) is 0 Å². The van der Waals surface area contributed by atoms with Gasteiger partial charge in [-0.05, 0) is 55.9 Å². The van der Waals surface area contributed by atoms with E-state index in [0.29, 0.717) is 10.8 Å². The summed E-state index contributed by atoms with van der Waals surface area (Å²) in [6.45, 7) is 3.90. The van der Waals surface area contributed by atoms with Crippen LogP contribution in [0.4, 0.5) is 18.9 Å². The van der Waals surface area contributed by atoms with E-state index in [0.717, 1.165) is 25.3 Å². The number of halogens is 3. The average molecular weight is 424 g/mol. The second-order valence-electron chi connectivity index (χ2n) is 7.32. The molecule has 0 unspecified atom stereocenters. The lowest BCUT2D eigenvalue weighted by Crippen LogP contribution is -2.37. The predicted octanol–water partition coefficient (Wildman–Crippen LogP) is 4.99. The van der Waals surface area contributed by atoms with Crippen molar-refractivity contribution in [1.82, 2.24) is 4.90 Å². The van der Waals surface area contributed by atoms with Gasteiger partial charge >= 0.3 is 6.18 Å². The van der Waals surface area contributed by atoms with Crippen LogP contribution in [0.3, 0.4) is 0 Å². The van der Waals surface area contributed by atoms with Crippen LogP contribution in [0, 0.1) is 5.92 Å². The van der Waals surface area contributed by atoms with Crippen molar-refractivity contribution in [1.29, 1.82) is 0 Å². The zero-order valence-corrected chi connectivity index (χ0v) is 17.1. The summed E-state index contributed by atoms with van der Waals surface area (Å²) >= 11 is 1.45. The second-order valence-corrected chi connectivity index (χ2v) is 8.45. The number of hydrogen-bond acceptors (Lipinski definition) is 3. The maximum atomic E-state index is 13.1. The number of thiophene rings is 1. The number of nitrogens with zero attached hydrogens (tertiary/aromatic N) is 1. The van der Waals surface area contributed by atoms with E-state index < -0.39 is 17.6 Å². The number of para-hydroxylation sites is 1. The van der Waals surface area contributed by atoms with Crippen molar-refractivity contribution in [3.63, 3.8) is 0 Å². The third kappa shape index (κ3) is 4.98. The summed E-state index contributed by atoms with van der Waals surface area (Å²) in [5, 5.41) is 2.29. The summed E-state index contributed by atoms with van der Waals surface area (Å²) in [4.78, 5) is 28.4. The molecule has 156 valence electrons. The number of hydrogen-bond donors (Lipinski definition) is 1. The first-order valence-corrected chi connectivity index (χ1v) is 10.4. The zero-order valence-electron chi connectivity index (χ0n) is 16.3. The molecule has 1 N–H and O–H groups in total. The molecule has 0 fully saturated rings. The number of alkyl halides is 3. The van der Waals surface area contributed by atoms with Crippen molar-refractivity contribution >= 4 is 28.8 Å². The van der Waals surface area contributed by atoms with Crippen LogP contribution in [0.5, 0.6) is 0 Å². The van der Waals surface area contributed by atoms with Crippen molar-refractivity contribution in [2.24, 2.45) is 5.92 Å². The number of nitrogens with one attached hydrogen (secondary N) is 1. The number of carbonyl (C=O) groups is 2. The largest absolute Gasteiger partial charge is 0.418 e. The van der Waals surface area contributed by atoms with Gasteiger partial charge in [-0.15, -0.1) is 11.3 Å². The Morgan fingerprint density at radius 1 is 1.28 bits per heavy atom. The van der Waals surface area contributed by atoms with Gasteiger partial charge in [0, 0.05) is 11.4 Å². The van der Waals surface area contributed by atoms with Crippen LogP contribution in [0.15, 0.2) is 30.3 Å². The summed E-state index contributed by atoms with van der Waals surface area (Å²) in [6, 6.07) is 6.70. The number of aryl methyl sites for hydroxylation is 1. The van der Waals surface area contributed by atoms with E-state index in [1.165, 1.54) is 44.9 Å². The molecule has 1 heterocycles. The molecule has 0 bridgehead atoms. The third-order valence-corrected chi connectivity index (χ3v) is 6.28. The van der Waals surface area contributed by atoms with Crippen LogP contribution in [0.25, 0.3) is 0 Å². The molecular formula is C21H23F3N2O2S. The lowest BCUT2D eigenvalue weighted by atomic mass is 9.90. The standard InChI is InChI=1S/C21H23F3N2O2S/c1-3-26(20(28)18-11-14-10-13(2)8-9-17(14)29-18)12-19(27)25-16-7-5-4-6-15(16)21(22,23)24/h4-7,11,13H,3,8-10,12H2,1-2H3,(H,25,27)/t13-/m0/s1. The molecule has 4 nitrogen and oxygen atoms in total. The molecule has 1 aromatic carbocycles. The molecule has 0 saturated heterocycles. The molecule has 3 rings (SSSR count). The van der Waals surface area contributed by atoms with E-state index in [1.54, 1.807) is 6.92 Å². The minimum absolute atomic E-state index is 0.265. The molecule has 0 saturated carbocycles. The van der Waals surface area contributed by atoms with E-state index in [1.807, 2.05) is 6.07 Å². The second kappa shape index (κ2) is 8.57. The first-order valence-electron chi connectivity index (χ1n) is 9.56. The molecule has 0 spiro atoms. The van der Waals surface area contributed by atoms with Gasteiger partial charge in [0.05, 0.1) is 16.1 Å². The minimum atomic E-state index is -4.57. The highest BCUT2D eigenvalue weighted by molar-refractivity contribution is 7.14. The van der Waals surface area contributed by atoms with Crippen LogP contribution in [-0.2, 0) is 23.8 Å². The van der Waals surface area contributed by atoms with Gasteiger partial charge < -0.3 is 10.2 Å². The Morgan fingerprint density at radius 3 is 2.69 bits per heavy atom. The molecule has 2 aromatic rings. The minimum Gasteiger partial charge on any atom is -0.329 e. The molecule has 0 aliphatic heterocycles. The van der Waals surface area contributed by atoms with Crippen LogP contribution in [0.1, 0.15) is 45.9 Å². The Labute approximate surface area is 171 Å². The Balaban J connectivity index is 1.70.